The molecule has 0 aliphatic carbocycles. The zero-order valence-corrected chi connectivity index (χ0v) is 11.7. The van der Waals surface area contributed by atoms with Crippen LogP contribution < -0.4 is 5.32 Å². The molecule has 1 saturated heterocycles. The molecule has 1 fully saturated rings. The average Bonchev–Trinajstić information content (AvgIpc) is 2.34. The van der Waals surface area contributed by atoms with E-state index in [0.717, 1.165) is 0 Å². The molecule has 1 aliphatic heterocycles. The fraction of sp³-hybridized carbons (Fsp3) is 0.833. The Morgan fingerprint density at radius 3 is 2.40 bits per heavy atom. The monoisotopic (exact) mass is 296 g/mol. The summed E-state index contributed by atoms with van der Waals surface area (Å²) in [6.45, 7) is 4.05. The van der Waals surface area contributed by atoms with Gasteiger partial charge in [0.05, 0.1) is 6.61 Å². The molecule has 0 aromatic carbocycles. The van der Waals surface area contributed by atoms with E-state index < -0.39 is 24.6 Å². The predicted octanol–water partition coefficient (Wildman–Crippen LogP) is 1.43. The number of nitrogens with zero attached hydrogens (tertiary/aromatic N) is 1. The van der Waals surface area contributed by atoms with Gasteiger partial charge in [0.1, 0.15) is 11.6 Å². The van der Waals surface area contributed by atoms with E-state index >= 15 is 0 Å². The first-order valence-electron chi connectivity index (χ1n) is 6.48. The molecule has 1 aliphatic rings. The van der Waals surface area contributed by atoms with Crippen molar-refractivity contribution in [3.63, 3.8) is 0 Å². The first kappa shape index (κ1) is 16.7. The highest BCUT2D eigenvalue weighted by atomic mass is 19.4. The van der Waals surface area contributed by atoms with Crippen LogP contribution in [0.5, 0.6) is 0 Å². The number of hydrogen-bond donors (Lipinski definition) is 1. The number of amides is 2. The molecule has 1 heterocycles. The quantitative estimate of drug-likeness (QED) is 0.835. The highest BCUT2D eigenvalue weighted by Gasteiger charge is 2.46. The lowest BCUT2D eigenvalue weighted by molar-refractivity contribution is -0.325. The molecule has 0 aromatic rings. The Morgan fingerprint density at radius 1 is 1.35 bits per heavy atom. The van der Waals surface area contributed by atoms with Crippen molar-refractivity contribution in [2.24, 2.45) is 0 Å². The van der Waals surface area contributed by atoms with E-state index in [9.17, 15) is 22.8 Å². The Balaban J connectivity index is 2.81. The van der Waals surface area contributed by atoms with Crippen LogP contribution in [0, 0.1) is 0 Å². The van der Waals surface area contributed by atoms with E-state index in [1.54, 1.807) is 20.8 Å². The number of piperazine rings is 1. The molecule has 8 heteroatoms. The van der Waals surface area contributed by atoms with Crippen molar-refractivity contribution in [2.75, 3.05) is 13.2 Å². The van der Waals surface area contributed by atoms with E-state index in [1.807, 2.05) is 0 Å². The van der Waals surface area contributed by atoms with Gasteiger partial charge in [0.25, 0.3) is 0 Å². The minimum Gasteiger partial charge on any atom is -0.340 e. The average molecular weight is 296 g/mol. The molecule has 0 aromatic heterocycles. The SMILES string of the molecule is CCC1C(=O)NC(C)(CC)C(=O)N1CCOC(F)(F)F. The Bertz CT molecular complexity index is 387. The smallest absolute Gasteiger partial charge is 0.340 e. The normalized spacial score (nSPS) is 27.7. The molecular formula is C12H19F3N2O3. The molecular weight excluding hydrogens is 277 g/mol. The fourth-order valence-electron chi connectivity index (χ4n) is 2.17. The summed E-state index contributed by atoms with van der Waals surface area (Å²) in [4.78, 5) is 25.4. The fourth-order valence-corrected chi connectivity index (χ4v) is 2.17. The van der Waals surface area contributed by atoms with Gasteiger partial charge >= 0.3 is 6.36 Å². The molecule has 2 unspecified atom stereocenters. The second-order valence-corrected chi connectivity index (χ2v) is 4.89. The number of carbonyl (C=O) groups excluding carboxylic acids is 2. The highest BCUT2D eigenvalue weighted by Crippen LogP contribution is 2.23. The molecule has 1 rings (SSSR count). The third-order valence-corrected chi connectivity index (χ3v) is 3.50. The molecule has 116 valence electrons. The van der Waals surface area contributed by atoms with Crippen molar-refractivity contribution in [3.05, 3.63) is 0 Å². The van der Waals surface area contributed by atoms with Crippen molar-refractivity contribution in [1.82, 2.24) is 10.2 Å². The molecule has 0 radical (unpaired) electrons. The summed E-state index contributed by atoms with van der Waals surface area (Å²) in [5.41, 5.74) is -1.07. The van der Waals surface area contributed by atoms with Crippen molar-refractivity contribution >= 4 is 11.8 Å². The van der Waals surface area contributed by atoms with Gasteiger partial charge in [-0.2, -0.15) is 0 Å². The summed E-state index contributed by atoms with van der Waals surface area (Å²) in [7, 11) is 0. The zero-order valence-electron chi connectivity index (χ0n) is 11.7. The largest absolute Gasteiger partial charge is 0.522 e. The Kier molecular flexibility index (Phi) is 5.01. The van der Waals surface area contributed by atoms with Crippen molar-refractivity contribution < 1.29 is 27.5 Å². The van der Waals surface area contributed by atoms with E-state index in [1.165, 1.54) is 4.90 Å². The van der Waals surface area contributed by atoms with E-state index in [-0.39, 0.29) is 18.4 Å². The first-order valence-corrected chi connectivity index (χ1v) is 6.48. The molecule has 1 N–H and O–H groups in total. The molecule has 5 nitrogen and oxygen atoms in total. The molecule has 2 amide bonds. The minimum absolute atomic E-state index is 0.264. The van der Waals surface area contributed by atoms with Gasteiger partial charge in [0.15, 0.2) is 0 Å². The van der Waals surface area contributed by atoms with Gasteiger partial charge in [-0.25, -0.2) is 0 Å². The summed E-state index contributed by atoms with van der Waals surface area (Å²) in [5, 5.41) is 2.64. The van der Waals surface area contributed by atoms with Crippen LogP contribution in [0.3, 0.4) is 0 Å². The lowest BCUT2D eigenvalue weighted by atomic mass is 9.91. The van der Waals surface area contributed by atoms with Gasteiger partial charge in [-0.3, -0.25) is 14.3 Å². The number of rotatable bonds is 5. The second kappa shape index (κ2) is 5.99. The summed E-state index contributed by atoms with van der Waals surface area (Å²) in [6.07, 6.45) is -4.04. The van der Waals surface area contributed by atoms with E-state index in [4.69, 9.17) is 0 Å². The van der Waals surface area contributed by atoms with Crippen LogP contribution in [-0.4, -0.2) is 47.8 Å². The predicted molar refractivity (Wildman–Crippen MR) is 64.6 cm³/mol. The Morgan fingerprint density at radius 2 is 1.95 bits per heavy atom. The van der Waals surface area contributed by atoms with Crippen LogP contribution in [0.15, 0.2) is 0 Å². The third-order valence-electron chi connectivity index (χ3n) is 3.50. The maximum Gasteiger partial charge on any atom is 0.522 e. The summed E-state index contributed by atoms with van der Waals surface area (Å²) in [6, 6.07) is -0.751. The maximum atomic E-state index is 12.3. The van der Waals surface area contributed by atoms with Crippen LogP contribution in [0.4, 0.5) is 13.2 Å². The third kappa shape index (κ3) is 3.62. The lowest BCUT2D eigenvalue weighted by Crippen LogP contribution is -2.69. The van der Waals surface area contributed by atoms with Gasteiger partial charge in [-0.15, -0.1) is 13.2 Å². The number of carbonyl (C=O) groups is 2. The van der Waals surface area contributed by atoms with Gasteiger partial charge in [0, 0.05) is 6.54 Å². The first-order chi connectivity index (χ1) is 9.14. The van der Waals surface area contributed by atoms with Crippen molar-refractivity contribution in [2.45, 2.75) is 51.6 Å². The number of halogens is 3. The molecule has 20 heavy (non-hydrogen) atoms. The molecule has 0 bridgehead atoms. The molecule has 0 spiro atoms. The van der Waals surface area contributed by atoms with E-state index in [2.05, 4.69) is 10.1 Å². The van der Waals surface area contributed by atoms with Gasteiger partial charge in [-0.1, -0.05) is 13.8 Å². The van der Waals surface area contributed by atoms with Crippen LogP contribution in [0.2, 0.25) is 0 Å². The lowest BCUT2D eigenvalue weighted by Gasteiger charge is -2.43. The topological polar surface area (TPSA) is 58.6 Å². The highest BCUT2D eigenvalue weighted by molar-refractivity contribution is 5.99. The minimum atomic E-state index is -4.74. The Labute approximate surface area is 115 Å². The summed E-state index contributed by atoms with van der Waals surface area (Å²) >= 11 is 0. The summed E-state index contributed by atoms with van der Waals surface area (Å²) in [5.74, 6) is -0.722. The Hall–Kier alpha value is -1.31. The zero-order chi connectivity index (χ0) is 15.6. The van der Waals surface area contributed by atoms with Gasteiger partial charge in [0.2, 0.25) is 11.8 Å². The van der Waals surface area contributed by atoms with Crippen molar-refractivity contribution in [1.29, 1.82) is 0 Å². The van der Waals surface area contributed by atoms with Crippen LogP contribution in [0.1, 0.15) is 33.6 Å². The molecule has 0 saturated carbocycles. The molecule has 2 atom stereocenters. The standard InChI is InChI=1S/C12H19F3N2O3/c1-4-8-9(18)16-11(3,5-2)10(19)17(8)6-7-20-12(13,14)15/h8H,4-7H2,1-3H3,(H,16,18). The number of hydrogen-bond acceptors (Lipinski definition) is 3. The van der Waals surface area contributed by atoms with E-state index in [0.29, 0.717) is 12.8 Å². The van der Waals surface area contributed by atoms with Crippen molar-refractivity contribution in [3.8, 4) is 0 Å². The number of nitrogens with one attached hydrogen (secondary N) is 1. The number of alkyl halides is 3. The van der Waals surface area contributed by atoms with Crippen LogP contribution in [-0.2, 0) is 14.3 Å². The van der Waals surface area contributed by atoms with Crippen LogP contribution in [0.25, 0.3) is 0 Å². The summed E-state index contributed by atoms with van der Waals surface area (Å²) < 4.78 is 39.6. The van der Waals surface area contributed by atoms with Gasteiger partial charge < -0.3 is 10.2 Å². The maximum absolute atomic E-state index is 12.3. The van der Waals surface area contributed by atoms with Gasteiger partial charge in [-0.05, 0) is 19.8 Å². The second-order valence-electron chi connectivity index (χ2n) is 4.89. The number of ether oxygens (including phenoxy) is 1. The van der Waals surface area contributed by atoms with Crippen LogP contribution >= 0.6 is 0 Å².